The molecule has 25 heavy (non-hydrogen) atoms. The summed E-state index contributed by atoms with van der Waals surface area (Å²) >= 11 is 0. The molecule has 1 aromatic carbocycles. The molecule has 5 heteroatoms. The molecule has 128 valence electrons. The van der Waals surface area contributed by atoms with Gasteiger partial charge in [0, 0.05) is 24.5 Å². The second kappa shape index (κ2) is 6.89. The van der Waals surface area contributed by atoms with Crippen LogP contribution in [0.1, 0.15) is 31.0 Å². The fourth-order valence-corrected chi connectivity index (χ4v) is 3.10. The Hall–Kier alpha value is -2.95. The highest BCUT2D eigenvalue weighted by Gasteiger charge is 2.46. The number of benzene rings is 1. The maximum absolute atomic E-state index is 12.7. The number of aliphatic hydroxyl groups excluding tert-OH is 1. The van der Waals surface area contributed by atoms with Crippen molar-refractivity contribution in [3.63, 3.8) is 0 Å². The second-order valence-electron chi connectivity index (χ2n) is 6.50. The summed E-state index contributed by atoms with van der Waals surface area (Å²) in [5, 5.41) is 10.8. The van der Waals surface area contributed by atoms with Crippen LogP contribution in [0.5, 0.6) is 0 Å². The van der Waals surface area contributed by atoms with Crippen LogP contribution in [0.15, 0.2) is 60.4 Å². The largest absolute Gasteiger partial charge is 0.507 e. The molecule has 0 aliphatic carbocycles. The number of aromatic nitrogens is 1. The summed E-state index contributed by atoms with van der Waals surface area (Å²) in [5.41, 5.74) is 1.34. The van der Waals surface area contributed by atoms with E-state index in [2.05, 4.69) is 4.98 Å². The van der Waals surface area contributed by atoms with Crippen LogP contribution in [0.3, 0.4) is 0 Å². The van der Waals surface area contributed by atoms with E-state index in [1.165, 1.54) is 4.90 Å². The normalized spacial score (nSPS) is 19.6. The van der Waals surface area contributed by atoms with Crippen molar-refractivity contribution in [3.05, 3.63) is 71.6 Å². The van der Waals surface area contributed by atoms with Crippen LogP contribution in [-0.2, 0) is 9.59 Å². The van der Waals surface area contributed by atoms with Crippen LogP contribution in [-0.4, -0.2) is 33.2 Å². The highest BCUT2D eigenvalue weighted by atomic mass is 16.3. The van der Waals surface area contributed by atoms with E-state index in [-0.39, 0.29) is 17.3 Å². The molecule has 1 N–H and O–H groups in total. The molecule has 1 amide bonds. The Morgan fingerprint density at radius 2 is 1.88 bits per heavy atom. The number of ketones is 1. The summed E-state index contributed by atoms with van der Waals surface area (Å²) in [6.07, 6.45) is 3.26. The van der Waals surface area contributed by atoms with Crippen molar-refractivity contribution in [1.82, 2.24) is 9.88 Å². The number of pyridine rings is 1. The van der Waals surface area contributed by atoms with Crippen LogP contribution in [0.4, 0.5) is 0 Å². The summed E-state index contributed by atoms with van der Waals surface area (Å²) in [6, 6.07) is 11.7. The molecule has 0 saturated carbocycles. The minimum Gasteiger partial charge on any atom is -0.507 e. The number of hydrogen-bond donors (Lipinski definition) is 1. The lowest BCUT2D eigenvalue weighted by molar-refractivity contribution is -0.140. The third kappa shape index (κ3) is 3.18. The summed E-state index contributed by atoms with van der Waals surface area (Å²) in [4.78, 5) is 30.9. The van der Waals surface area contributed by atoms with Crippen LogP contribution in [0.2, 0.25) is 0 Å². The molecule has 0 radical (unpaired) electrons. The average Bonchev–Trinajstić information content (AvgIpc) is 2.87. The van der Waals surface area contributed by atoms with Crippen molar-refractivity contribution >= 4 is 17.4 Å². The zero-order valence-electron chi connectivity index (χ0n) is 14.2. The lowest BCUT2D eigenvalue weighted by atomic mass is 9.96. The van der Waals surface area contributed by atoms with Crippen molar-refractivity contribution in [2.24, 2.45) is 5.92 Å². The molecule has 5 nitrogen and oxygen atoms in total. The predicted molar refractivity (Wildman–Crippen MR) is 94.5 cm³/mol. The summed E-state index contributed by atoms with van der Waals surface area (Å²) in [7, 11) is 0. The first-order valence-electron chi connectivity index (χ1n) is 8.24. The summed E-state index contributed by atoms with van der Waals surface area (Å²) < 4.78 is 0. The van der Waals surface area contributed by atoms with Crippen molar-refractivity contribution in [3.8, 4) is 0 Å². The standard InChI is InChI=1S/C20H20N2O3/c1-13(2)12-22-17(15-9-6-10-21-11-15)16(19(24)20(22)25)18(23)14-7-4-3-5-8-14/h3-11,13,17,23H,12H2,1-2H3/t17-/m1/s1. The van der Waals surface area contributed by atoms with E-state index in [1.54, 1.807) is 42.7 Å². The van der Waals surface area contributed by atoms with Crippen molar-refractivity contribution < 1.29 is 14.7 Å². The number of nitrogens with zero attached hydrogens (tertiary/aromatic N) is 2. The molecule has 1 saturated heterocycles. The maximum atomic E-state index is 12.7. The van der Waals surface area contributed by atoms with Gasteiger partial charge in [0.1, 0.15) is 5.76 Å². The molecule has 1 aromatic heterocycles. The smallest absolute Gasteiger partial charge is 0.295 e. The highest BCUT2D eigenvalue weighted by molar-refractivity contribution is 6.46. The topological polar surface area (TPSA) is 70.5 Å². The molecule has 1 aliphatic heterocycles. The van der Waals surface area contributed by atoms with Crippen molar-refractivity contribution in [2.75, 3.05) is 6.54 Å². The maximum Gasteiger partial charge on any atom is 0.295 e. The number of aliphatic hydroxyl groups is 1. The Labute approximate surface area is 146 Å². The Morgan fingerprint density at radius 1 is 1.16 bits per heavy atom. The molecule has 0 spiro atoms. The van der Waals surface area contributed by atoms with Gasteiger partial charge in [-0.1, -0.05) is 50.2 Å². The monoisotopic (exact) mass is 336 g/mol. The quantitative estimate of drug-likeness (QED) is 0.529. The molecule has 2 aromatic rings. The molecular weight excluding hydrogens is 316 g/mol. The minimum absolute atomic E-state index is 0.116. The fraction of sp³-hybridized carbons (Fsp3) is 0.250. The first kappa shape index (κ1) is 16.9. The van der Waals surface area contributed by atoms with Gasteiger partial charge in [0.25, 0.3) is 11.7 Å². The van der Waals surface area contributed by atoms with Gasteiger partial charge in [-0.3, -0.25) is 14.6 Å². The molecule has 0 bridgehead atoms. The van der Waals surface area contributed by atoms with Gasteiger partial charge >= 0.3 is 0 Å². The zero-order valence-corrected chi connectivity index (χ0v) is 14.2. The third-order valence-corrected chi connectivity index (χ3v) is 4.15. The molecule has 1 fully saturated rings. The van der Waals surface area contributed by atoms with Crippen molar-refractivity contribution in [2.45, 2.75) is 19.9 Å². The Bertz CT molecular complexity index is 813. The number of likely N-dealkylation sites (tertiary alicyclic amines) is 1. The van der Waals surface area contributed by atoms with Crippen LogP contribution < -0.4 is 0 Å². The molecule has 1 atom stereocenters. The van der Waals surface area contributed by atoms with Gasteiger partial charge in [-0.15, -0.1) is 0 Å². The number of hydrogen-bond acceptors (Lipinski definition) is 4. The van der Waals surface area contributed by atoms with E-state index >= 15 is 0 Å². The molecular formula is C20H20N2O3. The van der Waals surface area contributed by atoms with E-state index in [1.807, 2.05) is 26.0 Å². The van der Waals surface area contributed by atoms with Gasteiger partial charge in [0.2, 0.25) is 0 Å². The van der Waals surface area contributed by atoms with Gasteiger partial charge in [-0.25, -0.2) is 0 Å². The number of carbonyl (C=O) groups excluding carboxylic acids is 2. The van der Waals surface area contributed by atoms with Gasteiger partial charge in [0.15, 0.2) is 0 Å². The van der Waals surface area contributed by atoms with E-state index in [9.17, 15) is 14.7 Å². The Kier molecular flexibility index (Phi) is 4.65. The first-order chi connectivity index (χ1) is 12.0. The number of Topliss-reactive ketones (excluding diaryl/α,β-unsaturated/α-hetero) is 1. The van der Waals surface area contributed by atoms with Crippen LogP contribution in [0, 0.1) is 5.92 Å². The van der Waals surface area contributed by atoms with Gasteiger partial charge in [0.05, 0.1) is 11.6 Å². The molecule has 3 rings (SSSR count). The second-order valence-corrected chi connectivity index (χ2v) is 6.50. The Balaban J connectivity index is 2.18. The lowest BCUT2D eigenvalue weighted by Gasteiger charge is -2.26. The minimum atomic E-state index is -0.657. The zero-order chi connectivity index (χ0) is 18.0. The third-order valence-electron chi connectivity index (χ3n) is 4.15. The molecule has 2 heterocycles. The first-order valence-corrected chi connectivity index (χ1v) is 8.24. The van der Waals surface area contributed by atoms with E-state index < -0.39 is 17.7 Å². The SMILES string of the molecule is CC(C)CN1C(=O)C(=O)C(=C(O)c2ccccc2)[C@H]1c1cccnc1. The molecule has 1 aliphatic rings. The van der Waals surface area contributed by atoms with Crippen LogP contribution in [0.25, 0.3) is 5.76 Å². The summed E-state index contributed by atoms with van der Waals surface area (Å²) in [6.45, 7) is 4.39. The summed E-state index contributed by atoms with van der Waals surface area (Å²) in [5.74, 6) is -1.20. The van der Waals surface area contributed by atoms with Crippen LogP contribution >= 0.6 is 0 Å². The lowest BCUT2D eigenvalue weighted by Crippen LogP contribution is -2.33. The van der Waals surface area contributed by atoms with Gasteiger partial charge < -0.3 is 10.0 Å². The van der Waals surface area contributed by atoms with E-state index in [4.69, 9.17) is 0 Å². The number of rotatable bonds is 4. The number of carbonyl (C=O) groups is 2. The fourth-order valence-electron chi connectivity index (χ4n) is 3.10. The predicted octanol–water partition coefficient (Wildman–Crippen LogP) is 3.16. The van der Waals surface area contributed by atoms with Gasteiger partial charge in [-0.2, -0.15) is 0 Å². The van der Waals surface area contributed by atoms with Crippen molar-refractivity contribution in [1.29, 1.82) is 0 Å². The Morgan fingerprint density at radius 3 is 2.48 bits per heavy atom. The van der Waals surface area contributed by atoms with E-state index in [0.29, 0.717) is 17.7 Å². The van der Waals surface area contributed by atoms with Gasteiger partial charge in [-0.05, 0) is 17.5 Å². The molecule has 0 unspecified atom stereocenters. The average molecular weight is 336 g/mol. The number of amides is 1. The highest BCUT2D eigenvalue weighted by Crippen LogP contribution is 2.39. The van der Waals surface area contributed by atoms with E-state index in [0.717, 1.165) is 0 Å².